The number of hydrogen-bond acceptors (Lipinski definition) is 15. The quantitative estimate of drug-likeness (QED) is 0.107. The van der Waals surface area contributed by atoms with Crippen LogP contribution in [0.2, 0.25) is 0 Å². The van der Waals surface area contributed by atoms with Crippen LogP contribution in [0.5, 0.6) is 17.2 Å². The van der Waals surface area contributed by atoms with Crippen molar-refractivity contribution in [3.63, 3.8) is 0 Å². The molecular weight excluding hydrogens is 1350 g/mol. The number of amides is 6. The Morgan fingerprint density at radius 3 is 1.17 bits per heavy atom. The first kappa shape index (κ1) is 75.1. The Labute approximate surface area is 625 Å². The number of benzene rings is 6. The molecule has 9 aliphatic heterocycles. The SMILES string of the molecule is C[C@H](N)C(=O)N[C@H]1Cc2ccc(cc2)OCCCc2oc3ccccc3c2C[C@@H]2CCCN2C1=O.C[C@H](NC(=O)OC(C)(C)C)C(=O)N[C@H]1Cc2ccc(cc2)OCCCc2oc3ccccc3c2C[C@@H]2CCCN2C1=O.N[C@H]1Cc2ccc(cc2)OCCCc2oc3ccccc3c2C[C@@H]2CCCN2C1=O. The zero-order chi connectivity index (χ0) is 74.7. The van der Waals surface area contributed by atoms with E-state index >= 15 is 0 Å². The van der Waals surface area contributed by atoms with Gasteiger partial charge in [-0.3, -0.25) is 24.0 Å². The first-order valence-corrected chi connectivity index (χ1v) is 38.4. The second-order valence-electron chi connectivity index (χ2n) is 30.4. The molecule has 12 heterocycles. The number of nitrogens with zero attached hydrogens (tertiary/aromatic N) is 3. The molecule has 8 atom stereocenters. The highest BCUT2D eigenvalue weighted by Gasteiger charge is 2.39. The van der Waals surface area contributed by atoms with Crippen LogP contribution in [-0.2, 0) is 86.5 Å². The molecule has 21 nitrogen and oxygen atoms in total. The summed E-state index contributed by atoms with van der Waals surface area (Å²) in [5.41, 5.74) is 20.6. The number of hydrogen-bond donors (Lipinski definition) is 5. The van der Waals surface area contributed by atoms with Gasteiger partial charge >= 0.3 is 6.09 Å². The molecule has 0 saturated carbocycles. The second-order valence-corrected chi connectivity index (χ2v) is 30.4. The predicted octanol–water partition coefficient (Wildman–Crippen LogP) is 12.2. The van der Waals surface area contributed by atoms with Crippen molar-refractivity contribution in [2.75, 3.05) is 39.5 Å². The van der Waals surface area contributed by atoms with E-state index in [9.17, 15) is 28.8 Å². The smallest absolute Gasteiger partial charge is 0.408 e. The molecule has 9 aromatic rings. The van der Waals surface area contributed by atoms with E-state index in [1.807, 2.05) is 136 Å². The minimum Gasteiger partial charge on any atom is -0.494 e. The molecule has 0 aliphatic carbocycles. The third-order valence-electron chi connectivity index (χ3n) is 21.3. The van der Waals surface area contributed by atoms with Crippen molar-refractivity contribution in [2.24, 2.45) is 11.5 Å². The number of nitrogens with two attached hydrogens (primary N) is 2. The molecule has 18 rings (SSSR count). The summed E-state index contributed by atoms with van der Waals surface area (Å²) < 4.78 is 42.0. The fraction of sp³-hybridized carbons (Fsp3) is 0.442. The van der Waals surface area contributed by atoms with E-state index in [2.05, 4.69) is 40.2 Å². The van der Waals surface area contributed by atoms with Gasteiger partial charge in [0.25, 0.3) is 0 Å². The van der Waals surface area contributed by atoms with E-state index in [0.29, 0.717) is 58.6 Å². The average Bonchev–Trinajstić information content (AvgIpc) is 1.65. The van der Waals surface area contributed by atoms with Crippen molar-refractivity contribution >= 4 is 68.5 Å². The van der Waals surface area contributed by atoms with E-state index in [4.69, 9.17) is 43.7 Å². The van der Waals surface area contributed by atoms with Crippen LogP contribution in [0, 0.1) is 0 Å². The van der Waals surface area contributed by atoms with E-state index in [1.165, 1.54) is 11.1 Å². The van der Waals surface area contributed by atoms with Crippen LogP contribution < -0.4 is 41.6 Å². The highest BCUT2D eigenvalue weighted by atomic mass is 16.6. The van der Waals surface area contributed by atoms with Gasteiger partial charge in [0.1, 0.15) is 75.0 Å². The van der Waals surface area contributed by atoms with Gasteiger partial charge in [0, 0.05) is 103 Å². The van der Waals surface area contributed by atoms with Gasteiger partial charge in [-0.1, -0.05) is 91.0 Å². The molecule has 9 aliphatic rings. The Bertz CT molecular complexity index is 4570. The zero-order valence-corrected chi connectivity index (χ0v) is 62.2. The summed E-state index contributed by atoms with van der Waals surface area (Å²) in [7, 11) is 0. The largest absolute Gasteiger partial charge is 0.494 e. The third kappa shape index (κ3) is 18.6. The summed E-state index contributed by atoms with van der Waals surface area (Å²) in [6.07, 6.45) is 13.3. The van der Waals surface area contributed by atoms with E-state index < -0.39 is 47.8 Å². The van der Waals surface area contributed by atoms with Crippen molar-refractivity contribution in [1.82, 2.24) is 30.7 Å². The van der Waals surface area contributed by atoms with Gasteiger partial charge in [0.2, 0.25) is 29.5 Å². The summed E-state index contributed by atoms with van der Waals surface area (Å²) in [5, 5.41) is 11.8. The van der Waals surface area contributed by atoms with E-state index in [1.54, 1.807) is 34.6 Å². The number of furan rings is 3. The van der Waals surface area contributed by atoms with Crippen LogP contribution in [0.25, 0.3) is 32.9 Å². The first-order chi connectivity index (χ1) is 51.7. The second kappa shape index (κ2) is 34.2. The summed E-state index contributed by atoms with van der Waals surface area (Å²) in [5.74, 6) is 4.40. The van der Waals surface area contributed by atoms with Gasteiger partial charge in [0.05, 0.1) is 31.9 Å². The maximum atomic E-state index is 14.2. The van der Waals surface area contributed by atoms with Crippen LogP contribution >= 0.6 is 0 Å². The van der Waals surface area contributed by atoms with Crippen molar-refractivity contribution in [1.29, 1.82) is 0 Å². The summed E-state index contributed by atoms with van der Waals surface area (Å²) in [6.45, 7) is 12.4. The molecule has 3 aromatic heterocycles. The predicted molar refractivity (Wildman–Crippen MR) is 410 cm³/mol. The molecule has 3 fully saturated rings. The fourth-order valence-electron chi connectivity index (χ4n) is 15.9. The normalized spacial score (nSPS) is 21.5. The number of ether oxygens (including phenoxy) is 4. The van der Waals surface area contributed by atoms with Crippen molar-refractivity contribution in [3.8, 4) is 17.2 Å². The minimum absolute atomic E-state index is 0.0134. The van der Waals surface area contributed by atoms with Crippen LogP contribution in [0.1, 0.15) is 143 Å². The number of rotatable bonds is 5. The number of carbonyl (C=O) groups is 6. The van der Waals surface area contributed by atoms with Crippen molar-refractivity contribution in [2.45, 2.75) is 204 Å². The van der Waals surface area contributed by atoms with Gasteiger partial charge in [-0.25, -0.2) is 4.79 Å². The molecule has 564 valence electrons. The number of alkyl carbamates (subject to hydrolysis) is 1. The van der Waals surface area contributed by atoms with Crippen LogP contribution in [0.4, 0.5) is 4.79 Å². The lowest BCUT2D eigenvalue weighted by Crippen LogP contribution is -2.55. The van der Waals surface area contributed by atoms with Crippen LogP contribution in [0.15, 0.2) is 159 Å². The number of fused-ring (bicyclic) bond motifs is 24. The summed E-state index contributed by atoms with van der Waals surface area (Å²) in [4.78, 5) is 85.1. The maximum absolute atomic E-state index is 14.2. The molecule has 6 aromatic carbocycles. The van der Waals surface area contributed by atoms with E-state index in [0.717, 1.165) is 186 Å². The number of carbonyl (C=O) groups excluding carboxylic acids is 6. The Morgan fingerprint density at radius 2 is 0.804 bits per heavy atom. The molecule has 0 radical (unpaired) electrons. The van der Waals surface area contributed by atoms with Crippen LogP contribution in [0.3, 0.4) is 0 Å². The summed E-state index contributed by atoms with van der Waals surface area (Å²) >= 11 is 0. The fourth-order valence-corrected chi connectivity index (χ4v) is 15.9. The topological polar surface area (TPSA) is 277 Å². The molecule has 6 bridgehead atoms. The lowest BCUT2D eigenvalue weighted by molar-refractivity contribution is -0.137. The standard InChI is InChI=1S/C33H41N3O6.C28H33N3O4.C25H28N2O3/c1-21(34-32(39)42-33(2,3)4)30(37)35-27-19-22-13-15-24(16-14-22)40-18-8-12-29-26(25-10-5-6-11-28(25)41-29)20-23-9-7-17-36(23)31(27)38;1-18(29)27(32)30-24-16-19-10-12-21(13-11-19)34-15-5-9-26-23(22-7-2-3-8-25(22)35-26)17-20-6-4-14-31(20)28(24)33;26-22-15-17-9-11-19(12-10-17)29-14-4-8-24-21(20-6-1-2-7-23(20)30-24)16-18-5-3-13-27(18)25(22)28/h5-6,10-11,13-16,21,23,27H,7-9,12,17-20H2,1-4H3,(H,34,39)(H,35,37);2-3,7-8,10-13,18,20,24H,4-6,9,14-17,29H2,1H3,(H,30,32);1-2,6-7,9-12,18,22H,3-5,8,13-16,26H2/t21-,23-,27-;18-,20-,24-;18-,22-/m000/s1. The lowest BCUT2D eigenvalue weighted by atomic mass is 9.98. The number of nitrogens with one attached hydrogen (secondary N) is 3. The molecule has 3 saturated heterocycles. The number of aryl methyl sites for hydroxylation is 3. The van der Waals surface area contributed by atoms with Gasteiger partial charge in [-0.2, -0.15) is 0 Å². The number of para-hydroxylation sites is 3. The first-order valence-electron chi connectivity index (χ1n) is 38.4. The Balaban J connectivity index is 0.000000144. The molecule has 0 spiro atoms. The Kier molecular flexibility index (Phi) is 24.0. The Morgan fingerprint density at radius 1 is 0.458 bits per heavy atom. The maximum Gasteiger partial charge on any atom is 0.408 e. The Hall–Kier alpha value is -10.1. The molecule has 6 amide bonds. The van der Waals surface area contributed by atoms with Gasteiger partial charge in [-0.15, -0.1) is 0 Å². The highest BCUT2D eigenvalue weighted by molar-refractivity contribution is 5.93. The van der Waals surface area contributed by atoms with Gasteiger partial charge in [-0.05, 0) is 189 Å². The van der Waals surface area contributed by atoms with Crippen LogP contribution in [-0.4, -0.2) is 144 Å². The monoisotopic (exact) mass is 1450 g/mol. The summed E-state index contributed by atoms with van der Waals surface area (Å²) in [6, 6.07) is 44.3. The third-order valence-corrected chi connectivity index (χ3v) is 21.3. The zero-order valence-electron chi connectivity index (χ0n) is 62.2. The van der Waals surface area contributed by atoms with Crippen molar-refractivity contribution < 1.29 is 61.0 Å². The lowest BCUT2D eigenvalue weighted by Gasteiger charge is -2.30. The molecular formula is C86H102N8O13. The van der Waals surface area contributed by atoms with E-state index in [-0.39, 0.29) is 41.8 Å². The highest BCUT2D eigenvalue weighted by Crippen LogP contribution is 2.37. The molecule has 107 heavy (non-hydrogen) atoms. The minimum atomic E-state index is -0.891. The molecule has 21 heteroatoms. The van der Waals surface area contributed by atoms with Crippen molar-refractivity contribution in [3.05, 3.63) is 196 Å². The van der Waals surface area contributed by atoms with Gasteiger partial charge < -0.3 is 74.3 Å². The van der Waals surface area contributed by atoms with Gasteiger partial charge in [0.15, 0.2) is 0 Å². The average molecular weight is 1460 g/mol. The molecule has 7 N–H and O–H groups in total. The molecule has 0 unspecified atom stereocenters.